The van der Waals surface area contributed by atoms with Crippen LogP contribution in [0, 0.1) is 0 Å². The summed E-state index contributed by atoms with van der Waals surface area (Å²) in [6.07, 6.45) is 3.63. The van der Waals surface area contributed by atoms with Gasteiger partial charge in [0.15, 0.2) is 0 Å². The largest absolute Gasteiger partial charge is 0.355 e. The molecule has 0 saturated heterocycles. The van der Waals surface area contributed by atoms with Crippen molar-refractivity contribution in [1.29, 1.82) is 0 Å². The molecule has 1 N–H and O–H groups in total. The number of rotatable bonds is 1. The zero-order valence-electron chi connectivity index (χ0n) is 9.34. The molecule has 2 rings (SSSR count). The molecule has 0 aromatic heterocycles. The second-order valence-electron chi connectivity index (χ2n) is 4.29. The van der Waals surface area contributed by atoms with Crippen LogP contribution in [0.15, 0.2) is 18.2 Å². The highest BCUT2D eigenvalue weighted by atomic mass is 16.1. The first kappa shape index (κ1) is 10.2. The number of carbonyl (C=O) groups is 1. The molecule has 1 aliphatic carbocycles. The van der Waals surface area contributed by atoms with E-state index in [4.69, 9.17) is 0 Å². The van der Waals surface area contributed by atoms with Crippen molar-refractivity contribution in [2.24, 2.45) is 0 Å². The fraction of sp³-hybridized carbons (Fsp3) is 0.462. The molecular formula is C13H17NO. The normalized spacial score (nSPS) is 19.5. The van der Waals surface area contributed by atoms with E-state index in [0.29, 0.717) is 5.92 Å². The summed E-state index contributed by atoms with van der Waals surface area (Å²) >= 11 is 0. The lowest BCUT2D eigenvalue weighted by Crippen LogP contribution is -2.18. The summed E-state index contributed by atoms with van der Waals surface area (Å²) in [6.45, 7) is 2.26. The molecule has 0 radical (unpaired) electrons. The van der Waals surface area contributed by atoms with Crippen molar-refractivity contribution >= 4 is 5.91 Å². The van der Waals surface area contributed by atoms with Gasteiger partial charge in [0.05, 0.1) is 0 Å². The quantitative estimate of drug-likeness (QED) is 0.746. The number of amides is 1. The molecule has 0 fully saturated rings. The summed E-state index contributed by atoms with van der Waals surface area (Å²) in [5.41, 5.74) is 3.56. The van der Waals surface area contributed by atoms with Crippen molar-refractivity contribution in [2.45, 2.75) is 32.1 Å². The van der Waals surface area contributed by atoms with E-state index in [1.807, 2.05) is 12.1 Å². The van der Waals surface area contributed by atoms with E-state index in [1.54, 1.807) is 7.05 Å². The van der Waals surface area contributed by atoms with Gasteiger partial charge in [-0.15, -0.1) is 0 Å². The van der Waals surface area contributed by atoms with Crippen LogP contribution >= 0.6 is 0 Å². The second kappa shape index (κ2) is 4.05. The molecule has 1 amide bonds. The molecule has 1 unspecified atom stereocenters. The number of nitrogens with one attached hydrogen (secondary N) is 1. The van der Waals surface area contributed by atoms with Gasteiger partial charge in [-0.1, -0.05) is 13.0 Å². The first-order valence-electron chi connectivity index (χ1n) is 5.57. The van der Waals surface area contributed by atoms with Crippen molar-refractivity contribution in [2.75, 3.05) is 7.05 Å². The van der Waals surface area contributed by atoms with Gasteiger partial charge in [-0.3, -0.25) is 4.79 Å². The Kier molecular flexibility index (Phi) is 2.76. The predicted octanol–water partition coefficient (Wildman–Crippen LogP) is 2.49. The van der Waals surface area contributed by atoms with Crippen LogP contribution in [0.1, 0.15) is 47.2 Å². The average molecular weight is 203 g/mol. The fourth-order valence-electron chi connectivity index (χ4n) is 2.34. The molecule has 1 aromatic carbocycles. The van der Waals surface area contributed by atoms with E-state index in [-0.39, 0.29) is 5.91 Å². The summed E-state index contributed by atoms with van der Waals surface area (Å²) in [6, 6.07) is 6.09. The third-order valence-corrected chi connectivity index (χ3v) is 3.25. The topological polar surface area (TPSA) is 29.1 Å². The highest BCUT2D eigenvalue weighted by Gasteiger charge is 2.17. The smallest absolute Gasteiger partial charge is 0.251 e. The van der Waals surface area contributed by atoms with Crippen LogP contribution in [0.2, 0.25) is 0 Å². The Labute approximate surface area is 90.7 Å². The van der Waals surface area contributed by atoms with Crippen molar-refractivity contribution in [3.8, 4) is 0 Å². The van der Waals surface area contributed by atoms with Crippen LogP contribution < -0.4 is 5.32 Å². The zero-order chi connectivity index (χ0) is 10.8. The van der Waals surface area contributed by atoms with Crippen molar-refractivity contribution in [1.82, 2.24) is 5.32 Å². The zero-order valence-corrected chi connectivity index (χ0v) is 9.34. The molecule has 80 valence electrons. The number of hydrogen-bond acceptors (Lipinski definition) is 1. The van der Waals surface area contributed by atoms with Gasteiger partial charge in [-0.2, -0.15) is 0 Å². The third-order valence-electron chi connectivity index (χ3n) is 3.25. The molecule has 2 nitrogen and oxygen atoms in total. The number of benzene rings is 1. The van der Waals surface area contributed by atoms with E-state index in [0.717, 1.165) is 12.0 Å². The number of carbonyl (C=O) groups excluding carboxylic acids is 1. The van der Waals surface area contributed by atoms with Gasteiger partial charge in [0.1, 0.15) is 0 Å². The van der Waals surface area contributed by atoms with Gasteiger partial charge in [-0.25, -0.2) is 0 Å². The lowest BCUT2D eigenvalue weighted by Gasteiger charge is -2.22. The van der Waals surface area contributed by atoms with E-state index in [2.05, 4.69) is 18.3 Å². The molecule has 0 spiro atoms. The molecule has 1 atom stereocenters. The van der Waals surface area contributed by atoms with Gasteiger partial charge in [0.2, 0.25) is 0 Å². The van der Waals surface area contributed by atoms with Crippen LogP contribution in [0.5, 0.6) is 0 Å². The second-order valence-corrected chi connectivity index (χ2v) is 4.29. The van der Waals surface area contributed by atoms with Gasteiger partial charge < -0.3 is 5.32 Å². The van der Waals surface area contributed by atoms with E-state index in [9.17, 15) is 4.79 Å². The van der Waals surface area contributed by atoms with E-state index < -0.39 is 0 Å². The molecule has 0 saturated carbocycles. The highest BCUT2D eigenvalue weighted by molar-refractivity contribution is 5.94. The van der Waals surface area contributed by atoms with E-state index in [1.165, 1.54) is 24.0 Å². The maximum absolute atomic E-state index is 11.5. The number of fused-ring (bicyclic) bond motifs is 1. The molecule has 0 heterocycles. The molecular weight excluding hydrogens is 186 g/mol. The standard InChI is InChI=1S/C13H17NO/c1-9-4-3-5-10-8-11(13(15)14-2)6-7-12(9)10/h6-9H,3-5H2,1-2H3,(H,14,15). The molecule has 1 aliphatic rings. The first-order valence-corrected chi connectivity index (χ1v) is 5.57. The minimum Gasteiger partial charge on any atom is -0.355 e. The summed E-state index contributed by atoms with van der Waals surface area (Å²) in [7, 11) is 1.67. The number of hydrogen-bond donors (Lipinski definition) is 1. The Bertz CT molecular complexity index is 384. The maximum atomic E-state index is 11.5. The SMILES string of the molecule is CNC(=O)c1ccc2c(c1)CCCC2C. The van der Waals surface area contributed by atoms with Crippen LogP contribution in [0.4, 0.5) is 0 Å². The first-order chi connectivity index (χ1) is 7.22. The number of aryl methyl sites for hydroxylation is 1. The van der Waals surface area contributed by atoms with Crippen molar-refractivity contribution in [3.05, 3.63) is 34.9 Å². The average Bonchev–Trinajstić information content (AvgIpc) is 2.28. The van der Waals surface area contributed by atoms with Crippen LogP contribution in [-0.4, -0.2) is 13.0 Å². The van der Waals surface area contributed by atoms with Crippen molar-refractivity contribution in [3.63, 3.8) is 0 Å². The third kappa shape index (κ3) is 1.89. The van der Waals surface area contributed by atoms with E-state index >= 15 is 0 Å². The Morgan fingerprint density at radius 1 is 1.47 bits per heavy atom. The fourth-order valence-corrected chi connectivity index (χ4v) is 2.34. The Morgan fingerprint density at radius 2 is 2.27 bits per heavy atom. The molecule has 2 heteroatoms. The Hall–Kier alpha value is -1.31. The van der Waals surface area contributed by atoms with Gasteiger partial charge in [0.25, 0.3) is 5.91 Å². The Balaban J connectivity index is 2.37. The van der Waals surface area contributed by atoms with Crippen LogP contribution in [-0.2, 0) is 6.42 Å². The minimum atomic E-state index is 0.0102. The summed E-state index contributed by atoms with van der Waals surface area (Å²) in [4.78, 5) is 11.5. The lowest BCUT2D eigenvalue weighted by molar-refractivity contribution is 0.0963. The summed E-state index contributed by atoms with van der Waals surface area (Å²) in [5.74, 6) is 0.656. The minimum absolute atomic E-state index is 0.0102. The molecule has 0 aliphatic heterocycles. The highest BCUT2D eigenvalue weighted by Crippen LogP contribution is 2.31. The predicted molar refractivity (Wildman–Crippen MR) is 61.2 cm³/mol. The van der Waals surface area contributed by atoms with Crippen LogP contribution in [0.25, 0.3) is 0 Å². The van der Waals surface area contributed by atoms with Gasteiger partial charge >= 0.3 is 0 Å². The molecule has 0 bridgehead atoms. The monoisotopic (exact) mass is 203 g/mol. The molecule has 1 aromatic rings. The summed E-state index contributed by atoms with van der Waals surface area (Å²) in [5, 5.41) is 2.66. The summed E-state index contributed by atoms with van der Waals surface area (Å²) < 4.78 is 0. The lowest BCUT2D eigenvalue weighted by atomic mass is 9.83. The molecule has 15 heavy (non-hydrogen) atoms. The van der Waals surface area contributed by atoms with Crippen LogP contribution in [0.3, 0.4) is 0 Å². The van der Waals surface area contributed by atoms with Gasteiger partial charge in [-0.05, 0) is 48.4 Å². The van der Waals surface area contributed by atoms with Gasteiger partial charge in [0, 0.05) is 12.6 Å². The van der Waals surface area contributed by atoms with Crippen molar-refractivity contribution < 1.29 is 4.79 Å². The Morgan fingerprint density at radius 3 is 3.00 bits per heavy atom. The maximum Gasteiger partial charge on any atom is 0.251 e.